The van der Waals surface area contributed by atoms with Gasteiger partial charge in [-0.25, -0.2) is 4.79 Å². The first-order chi connectivity index (χ1) is 15.7. The molecule has 0 aromatic carbocycles. The molecule has 0 spiro atoms. The van der Waals surface area contributed by atoms with Gasteiger partial charge < -0.3 is 33.7 Å². The molecule has 192 valence electrons. The summed E-state index contributed by atoms with van der Waals surface area (Å²) in [4.78, 5) is 71.2. The van der Waals surface area contributed by atoms with E-state index >= 15 is 0 Å². The van der Waals surface area contributed by atoms with E-state index in [0.29, 0.717) is 0 Å². The lowest BCUT2D eigenvalue weighted by Gasteiger charge is -2.46. The first-order valence-electron chi connectivity index (χ1n) is 10.1. The Morgan fingerprint density at radius 1 is 0.971 bits per heavy atom. The molecule has 13 nitrogen and oxygen atoms in total. The molecule has 1 heterocycles. The van der Waals surface area contributed by atoms with Gasteiger partial charge in [0.05, 0.1) is 13.2 Å². The third kappa shape index (κ3) is 8.45. The minimum absolute atomic E-state index is 0.447. The molecular weight excluding hydrogens is 482 g/mol. The second-order valence-electron chi connectivity index (χ2n) is 7.41. The topological polar surface area (TPSA) is 170 Å². The molecule has 0 aromatic rings. The summed E-state index contributed by atoms with van der Waals surface area (Å²) in [5.74, 6) is -4.87. The third-order valence-electron chi connectivity index (χ3n) is 4.48. The van der Waals surface area contributed by atoms with Crippen molar-refractivity contribution >= 4 is 47.4 Å². The number of ether oxygens (including phenoxy) is 6. The summed E-state index contributed by atoms with van der Waals surface area (Å²) in [6.45, 7) is 4.87. The van der Waals surface area contributed by atoms with Crippen LogP contribution in [0.1, 0.15) is 41.0 Å². The van der Waals surface area contributed by atoms with E-state index in [1.807, 2.05) is 0 Å². The summed E-state index contributed by atoms with van der Waals surface area (Å²) in [6.07, 6.45) is -6.29. The SMILES string of the molecule is COC(=O)[C@]1(Cl)CC(OC(C)=O)[C@@H](NC(C)=O)[C@H]([C@H](OC(C)=O)[C@@H](COC(C)=O)OC(C)=O)O1. The van der Waals surface area contributed by atoms with Gasteiger partial charge in [-0.3, -0.25) is 24.0 Å². The molecule has 14 heteroatoms. The monoisotopic (exact) mass is 509 g/mol. The van der Waals surface area contributed by atoms with Crippen LogP contribution in [-0.4, -0.2) is 85.0 Å². The Labute approximate surface area is 200 Å². The Morgan fingerprint density at radius 2 is 1.56 bits per heavy atom. The van der Waals surface area contributed by atoms with E-state index in [9.17, 15) is 28.8 Å². The van der Waals surface area contributed by atoms with Crippen molar-refractivity contribution in [2.75, 3.05) is 13.7 Å². The molecule has 6 atom stereocenters. The van der Waals surface area contributed by atoms with Gasteiger partial charge in [-0.1, -0.05) is 11.6 Å². The van der Waals surface area contributed by atoms with Gasteiger partial charge in [-0.05, 0) is 0 Å². The normalized spacial score (nSPS) is 25.7. The zero-order valence-electron chi connectivity index (χ0n) is 19.6. The number of halogens is 1. The second-order valence-corrected chi connectivity index (χ2v) is 8.02. The fraction of sp³-hybridized carbons (Fsp3) is 0.700. The van der Waals surface area contributed by atoms with Crippen LogP contribution in [0, 0.1) is 0 Å². The minimum Gasteiger partial charge on any atom is -0.466 e. The largest absolute Gasteiger partial charge is 0.466 e. The molecule has 0 aromatic heterocycles. The van der Waals surface area contributed by atoms with Crippen molar-refractivity contribution in [1.29, 1.82) is 0 Å². The molecular formula is C20H28ClNO12. The Kier molecular flexibility index (Phi) is 10.7. The van der Waals surface area contributed by atoms with Crippen molar-refractivity contribution < 1.29 is 57.2 Å². The van der Waals surface area contributed by atoms with Gasteiger partial charge in [0.25, 0.3) is 0 Å². The maximum absolute atomic E-state index is 12.4. The van der Waals surface area contributed by atoms with Crippen LogP contribution >= 0.6 is 11.6 Å². The highest BCUT2D eigenvalue weighted by molar-refractivity contribution is 6.32. The van der Waals surface area contributed by atoms with Crippen molar-refractivity contribution in [2.24, 2.45) is 0 Å². The average molecular weight is 510 g/mol. The quantitative estimate of drug-likeness (QED) is 0.246. The maximum Gasteiger partial charge on any atom is 0.354 e. The van der Waals surface area contributed by atoms with Crippen LogP contribution in [0.25, 0.3) is 0 Å². The van der Waals surface area contributed by atoms with Crippen LogP contribution < -0.4 is 5.32 Å². The molecule has 1 aliphatic rings. The van der Waals surface area contributed by atoms with Crippen LogP contribution in [0.2, 0.25) is 0 Å². The zero-order valence-corrected chi connectivity index (χ0v) is 20.3. The van der Waals surface area contributed by atoms with Gasteiger partial charge >= 0.3 is 29.8 Å². The fourth-order valence-electron chi connectivity index (χ4n) is 3.38. The van der Waals surface area contributed by atoms with E-state index < -0.39 is 84.3 Å². The first-order valence-corrected chi connectivity index (χ1v) is 10.4. The molecule has 1 rings (SSSR count). The lowest BCUT2D eigenvalue weighted by atomic mass is 9.89. The van der Waals surface area contributed by atoms with Crippen molar-refractivity contribution in [3.8, 4) is 0 Å². The van der Waals surface area contributed by atoms with Gasteiger partial charge in [0.15, 0.2) is 12.2 Å². The number of carbonyl (C=O) groups is 6. The standard InChI is InChI=1S/C20H28ClNO12/c1-9(23)22-16-14(31-11(3)25)7-20(21,19(28)29-6)34-18(16)17(33-13(5)27)15(32-12(4)26)8-30-10(2)24/h14-18H,7-8H2,1-6H3,(H,22,23)/t14?,15-,16-,17-,18-,20+/m1/s1. The van der Waals surface area contributed by atoms with Crippen molar-refractivity contribution in [1.82, 2.24) is 5.32 Å². The fourth-order valence-corrected chi connectivity index (χ4v) is 3.71. The van der Waals surface area contributed by atoms with Gasteiger partial charge in [0, 0.05) is 41.0 Å². The Balaban J connectivity index is 3.64. The maximum atomic E-state index is 12.4. The lowest BCUT2D eigenvalue weighted by Crippen LogP contribution is -2.67. The smallest absolute Gasteiger partial charge is 0.354 e. The molecule has 0 saturated carbocycles. The van der Waals surface area contributed by atoms with Crippen molar-refractivity contribution in [3.05, 3.63) is 0 Å². The molecule has 1 amide bonds. The number of hydrogen-bond acceptors (Lipinski definition) is 12. The number of methoxy groups -OCH3 is 1. The van der Waals surface area contributed by atoms with Crippen molar-refractivity contribution in [3.63, 3.8) is 0 Å². The van der Waals surface area contributed by atoms with Crippen LogP contribution in [0.3, 0.4) is 0 Å². The number of rotatable bonds is 9. The average Bonchev–Trinajstić information content (AvgIpc) is 2.69. The highest BCUT2D eigenvalue weighted by Crippen LogP contribution is 2.38. The van der Waals surface area contributed by atoms with Gasteiger partial charge in [-0.15, -0.1) is 0 Å². The van der Waals surface area contributed by atoms with E-state index in [1.165, 1.54) is 0 Å². The summed E-state index contributed by atoms with van der Waals surface area (Å²) in [7, 11) is 1.04. The summed E-state index contributed by atoms with van der Waals surface area (Å²) >= 11 is 6.38. The number of esters is 5. The molecule has 1 unspecified atom stereocenters. The van der Waals surface area contributed by atoms with Crippen LogP contribution in [0.4, 0.5) is 0 Å². The molecule has 1 N–H and O–H groups in total. The highest BCUT2D eigenvalue weighted by Gasteiger charge is 2.57. The summed E-state index contributed by atoms with van der Waals surface area (Å²) in [5.41, 5.74) is 0. The summed E-state index contributed by atoms with van der Waals surface area (Å²) < 4.78 is 31.2. The highest BCUT2D eigenvalue weighted by atomic mass is 35.5. The number of carbonyl (C=O) groups excluding carboxylic acids is 6. The minimum atomic E-state index is -2.24. The second kappa shape index (κ2) is 12.5. The lowest BCUT2D eigenvalue weighted by molar-refractivity contribution is -0.225. The number of nitrogens with one attached hydrogen (secondary N) is 1. The van der Waals surface area contributed by atoms with Gasteiger partial charge in [-0.2, -0.15) is 0 Å². The first kappa shape index (κ1) is 29.1. The number of hydrogen-bond donors (Lipinski definition) is 1. The van der Waals surface area contributed by atoms with Gasteiger partial charge in [0.2, 0.25) is 11.0 Å². The molecule has 0 radical (unpaired) electrons. The van der Waals surface area contributed by atoms with E-state index in [2.05, 4.69) is 10.1 Å². The molecule has 0 bridgehead atoms. The molecule has 34 heavy (non-hydrogen) atoms. The van der Waals surface area contributed by atoms with Crippen LogP contribution in [0.5, 0.6) is 0 Å². The third-order valence-corrected chi connectivity index (χ3v) is 4.88. The number of alkyl halides is 1. The molecule has 1 saturated heterocycles. The summed E-state index contributed by atoms with van der Waals surface area (Å²) in [6, 6.07) is -1.24. The Hall–Kier alpha value is -2.93. The van der Waals surface area contributed by atoms with Crippen LogP contribution in [-0.2, 0) is 57.2 Å². The Morgan fingerprint density at radius 3 is 2.00 bits per heavy atom. The van der Waals surface area contributed by atoms with Crippen LogP contribution in [0.15, 0.2) is 0 Å². The predicted molar refractivity (Wildman–Crippen MR) is 111 cm³/mol. The zero-order chi connectivity index (χ0) is 26.2. The Bertz CT molecular complexity index is 817. The van der Waals surface area contributed by atoms with Crippen molar-refractivity contribution in [2.45, 2.75) is 76.6 Å². The van der Waals surface area contributed by atoms with E-state index in [-0.39, 0.29) is 0 Å². The summed E-state index contributed by atoms with van der Waals surface area (Å²) in [5, 5.41) is 0.276. The number of amides is 1. The van der Waals surface area contributed by atoms with E-state index in [1.54, 1.807) is 0 Å². The van der Waals surface area contributed by atoms with Gasteiger partial charge in [0.1, 0.15) is 18.8 Å². The molecule has 1 fully saturated rings. The predicted octanol–water partition coefficient (Wildman–Crippen LogP) is -0.254. The van der Waals surface area contributed by atoms with E-state index in [4.69, 9.17) is 35.3 Å². The molecule has 0 aliphatic carbocycles. The van der Waals surface area contributed by atoms with E-state index in [0.717, 1.165) is 41.7 Å². The molecule has 1 aliphatic heterocycles.